The van der Waals surface area contributed by atoms with Crippen LogP contribution in [0.5, 0.6) is 17.5 Å². The highest BCUT2D eigenvalue weighted by Gasteiger charge is 2.10. The Balaban J connectivity index is 1.64. The zero-order valence-electron chi connectivity index (χ0n) is 13.0. The molecule has 2 aromatic carbocycles. The van der Waals surface area contributed by atoms with Gasteiger partial charge in [-0.15, -0.1) is 0 Å². The average Bonchev–Trinajstić information content (AvgIpc) is 2.62. The van der Waals surface area contributed by atoms with Crippen molar-refractivity contribution >= 4 is 15.9 Å². The smallest absolute Gasteiger partial charge is 0.321 e. The number of halogens is 1. The first kappa shape index (κ1) is 17.3. The van der Waals surface area contributed by atoms with E-state index in [4.69, 9.17) is 9.47 Å². The minimum absolute atomic E-state index is 0.153. The zero-order chi connectivity index (χ0) is 17.6. The molecule has 7 heteroatoms. The van der Waals surface area contributed by atoms with E-state index in [1.54, 1.807) is 60.9 Å². The second kappa shape index (κ2) is 8.06. The maximum atomic E-state index is 10.2. The van der Waals surface area contributed by atoms with E-state index in [0.29, 0.717) is 11.3 Å². The normalized spacial score (nSPS) is 11.9. The third-order valence-electron chi connectivity index (χ3n) is 3.27. The van der Waals surface area contributed by atoms with Crippen molar-refractivity contribution in [3.8, 4) is 17.5 Å². The molecule has 0 aliphatic rings. The molecule has 3 aromatic rings. The van der Waals surface area contributed by atoms with Gasteiger partial charge < -0.3 is 19.7 Å². The predicted octanol–water partition coefficient (Wildman–Crippen LogP) is 3.94. The largest absolute Gasteiger partial charge is 0.508 e. The van der Waals surface area contributed by atoms with Gasteiger partial charge in [0, 0.05) is 18.0 Å². The number of aliphatic hydroxyl groups excluding tert-OH is 1. The molecule has 25 heavy (non-hydrogen) atoms. The molecular weight excluding hydrogens is 388 g/mol. The van der Waals surface area contributed by atoms with Crippen molar-refractivity contribution < 1.29 is 19.7 Å². The summed E-state index contributed by atoms with van der Waals surface area (Å²) in [5, 5.41) is 19.6. The number of hydrogen-bond donors (Lipinski definition) is 2. The molecule has 3 rings (SSSR count). The molecule has 128 valence electrons. The molecule has 0 aliphatic heterocycles. The molecule has 0 amide bonds. The Morgan fingerprint density at radius 2 is 1.80 bits per heavy atom. The summed E-state index contributed by atoms with van der Waals surface area (Å²) in [4.78, 5) is 8.07. The number of nitrogens with zero attached hydrogens (tertiary/aromatic N) is 2. The standard InChI is InChI=1S/C18H15BrN2O4/c19-14-9-20-18(21-10-14)25-16-6-2-4-13(8-16)17(23)24-11-12-3-1-5-15(22)7-12/h1-10,17,22-23H,11H2. The lowest BCUT2D eigenvalue weighted by Gasteiger charge is -2.13. The van der Waals surface area contributed by atoms with Crippen molar-refractivity contribution in [3.63, 3.8) is 0 Å². The predicted molar refractivity (Wildman–Crippen MR) is 94.1 cm³/mol. The van der Waals surface area contributed by atoms with E-state index in [9.17, 15) is 10.2 Å². The summed E-state index contributed by atoms with van der Waals surface area (Å²) in [6, 6.07) is 13.7. The monoisotopic (exact) mass is 402 g/mol. The molecule has 0 fully saturated rings. The van der Waals surface area contributed by atoms with Gasteiger partial charge in [-0.1, -0.05) is 24.3 Å². The molecule has 6 nitrogen and oxygen atoms in total. The van der Waals surface area contributed by atoms with Crippen molar-refractivity contribution in [2.24, 2.45) is 0 Å². The van der Waals surface area contributed by atoms with Crippen molar-refractivity contribution in [1.29, 1.82) is 0 Å². The third kappa shape index (κ3) is 4.99. The van der Waals surface area contributed by atoms with Crippen molar-refractivity contribution in [1.82, 2.24) is 9.97 Å². The van der Waals surface area contributed by atoms with Crippen molar-refractivity contribution in [2.45, 2.75) is 12.9 Å². The summed E-state index contributed by atoms with van der Waals surface area (Å²) in [6.07, 6.45) is 2.04. The van der Waals surface area contributed by atoms with Gasteiger partial charge in [-0.3, -0.25) is 0 Å². The lowest BCUT2D eigenvalue weighted by Crippen LogP contribution is -2.03. The molecule has 0 saturated carbocycles. The topological polar surface area (TPSA) is 84.7 Å². The summed E-state index contributed by atoms with van der Waals surface area (Å²) in [6.45, 7) is 0.163. The molecule has 0 saturated heterocycles. The van der Waals surface area contributed by atoms with E-state index in [1.165, 1.54) is 0 Å². The molecule has 0 radical (unpaired) electrons. The van der Waals surface area contributed by atoms with Crippen LogP contribution in [0.15, 0.2) is 65.4 Å². The second-order valence-corrected chi connectivity index (χ2v) is 6.11. The fourth-order valence-electron chi connectivity index (χ4n) is 2.11. The first-order valence-corrected chi connectivity index (χ1v) is 8.22. The summed E-state index contributed by atoms with van der Waals surface area (Å²) in [5.41, 5.74) is 1.30. The number of aliphatic hydroxyl groups is 1. The number of phenolic OH excluding ortho intramolecular Hbond substituents is 1. The third-order valence-corrected chi connectivity index (χ3v) is 3.68. The van der Waals surface area contributed by atoms with Gasteiger partial charge in [0.25, 0.3) is 0 Å². The summed E-state index contributed by atoms with van der Waals surface area (Å²) in [5.74, 6) is 0.639. The van der Waals surface area contributed by atoms with Crippen molar-refractivity contribution in [3.05, 3.63) is 76.5 Å². The van der Waals surface area contributed by atoms with E-state index >= 15 is 0 Å². The van der Waals surface area contributed by atoms with Crippen LogP contribution in [0.4, 0.5) is 0 Å². The Bertz CT molecular complexity index is 842. The van der Waals surface area contributed by atoms with E-state index in [1.807, 2.05) is 0 Å². The fourth-order valence-corrected chi connectivity index (χ4v) is 2.31. The highest BCUT2D eigenvalue weighted by Crippen LogP contribution is 2.24. The summed E-state index contributed by atoms with van der Waals surface area (Å²) < 4.78 is 11.8. The van der Waals surface area contributed by atoms with Gasteiger partial charge in [0.05, 0.1) is 11.1 Å². The van der Waals surface area contributed by atoms with Gasteiger partial charge in [0.15, 0.2) is 6.29 Å². The number of phenols is 1. The Kier molecular flexibility index (Phi) is 5.60. The van der Waals surface area contributed by atoms with E-state index in [0.717, 1.165) is 10.0 Å². The van der Waals surface area contributed by atoms with Gasteiger partial charge in [-0.2, -0.15) is 0 Å². The minimum Gasteiger partial charge on any atom is -0.508 e. The number of aromatic hydroxyl groups is 1. The molecule has 0 aliphatic carbocycles. The fraction of sp³-hybridized carbons (Fsp3) is 0.111. The van der Waals surface area contributed by atoms with Crippen LogP contribution in [0.1, 0.15) is 17.4 Å². The molecule has 0 spiro atoms. The van der Waals surface area contributed by atoms with E-state index < -0.39 is 6.29 Å². The summed E-state index contributed by atoms with van der Waals surface area (Å²) in [7, 11) is 0. The van der Waals surface area contributed by atoms with Gasteiger partial charge in [-0.25, -0.2) is 9.97 Å². The van der Waals surface area contributed by atoms with Crippen molar-refractivity contribution in [2.75, 3.05) is 0 Å². The van der Waals surface area contributed by atoms with Gasteiger partial charge >= 0.3 is 6.01 Å². The molecule has 1 atom stereocenters. The molecule has 1 heterocycles. The molecular formula is C18H15BrN2O4. The van der Waals surface area contributed by atoms with Gasteiger partial charge in [0.2, 0.25) is 0 Å². The summed E-state index contributed by atoms with van der Waals surface area (Å²) >= 11 is 3.26. The molecule has 0 bridgehead atoms. The van der Waals surface area contributed by atoms with Crippen LogP contribution in [0.2, 0.25) is 0 Å². The van der Waals surface area contributed by atoms with Gasteiger partial charge in [0.1, 0.15) is 11.5 Å². The van der Waals surface area contributed by atoms with Gasteiger partial charge in [-0.05, 0) is 45.8 Å². The maximum Gasteiger partial charge on any atom is 0.321 e. The number of ether oxygens (including phenoxy) is 2. The SMILES string of the molecule is Oc1cccc(COC(O)c2cccc(Oc3ncc(Br)cn3)c2)c1. The van der Waals surface area contributed by atoms with Crippen LogP contribution in [0.25, 0.3) is 0 Å². The number of benzene rings is 2. The lowest BCUT2D eigenvalue weighted by atomic mass is 10.2. The van der Waals surface area contributed by atoms with Crippen LogP contribution < -0.4 is 4.74 Å². The molecule has 1 aromatic heterocycles. The highest BCUT2D eigenvalue weighted by atomic mass is 79.9. The lowest BCUT2D eigenvalue weighted by molar-refractivity contribution is -0.112. The average molecular weight is 403 g/mol. The number of aromatic nitrogens is 2. The first-order chi connectivity index (χ1) is 12.1. The Labute approximate surface area is 152 Å². The van der Waals surface area contributed by atoms with Crippen LogP contribution in [0, 0.1) is 0 Å². The zero-order valence-corrected chi connectivity index (χ0v) is 14.6. The van der Waals surface area contributed by atoms with E-state index in [2.05, 4.69) is 25.9 Å². The quantitative estimate of drug-likeness (QED) is 0.607. The maximum absolute atomic E-state index is 10.2. The molecule has 1 unspecified atom stereocenters. The molecule has 2 N–H and O–H groups in total. The van der Waals surface area contributed by atoms with Crippen LogP contribution in [-0.2, 0) is 11.3 Å². The Hall–Kier alpha value is -2.48. The van der Waals surface area contributed by atoms with Crippen LogP contribution in [0.3, 0.4) is 0 Å². The Morgan fingerprint density at radius 1 is 1.04 bits per heavy atom. The first-order valence-electron chi connectivity index (χ1n) is 7.43. The minimum atomic E-state index is -1.13. The van der Waals surface area contributed by atoms with Crippen LogP contribution in [-0.4, -0.2) is 20.2 Å². The van der Waals surface area contributed by atoms with Crippen LogP contribution >= 0.6 is 15.9 Å². The highest BCUT2D eigenvalue weighted by molar-refractivity contribution is 9.10. The number of hydrogen-bond acceptors (Lipinski definition) is 6. The van der Waals surface area contributed by atoms with E-state index in [-0.39, 0.29) is 18.4 Å². The number of rotatable bonds is 6. The second-order valence-electron chi connectivity index (χ2n) is 5.19. The Morgan fingerprint density at radius 3 is 2.56 bits per heavy atom.